The Morgan fingerprint density at radius 3 is 2.71 bits per heavy atom. The van der Waals surface area contributed by atoms with Gasteiger partial charge in [-0.05, 0) is 41.8 Å². The number of benzene rings is 2. The van der Waals surface area contributed by atoms with Crippen molar-refractivity contribution in [2.75, 3.05) is 5.32 Å². The molecule has 0 amide bonds. The van der Waals surface area contributed by atoms with Crippen molar-refractivity contribution in [1.82, 2.24) is 9.97 Å². The zero-order chi connectivity index (χ0) is 14.8. The minimum Gasteiger partial charge on any atom is -0.388 e. The monoisotopic (exact) mass is 281 g/mol. The number of rotatable bonds is 4. The van der Waals surface area contributed by atoms with Crippen LogP contribution >= 0.6 is 0 Å². The van der Waals surface area contributed by atoms with Crippen LogP contribution in [0.3, 0.4) is 0 Å². The number of nitrogens with one attached hydrogen (secondary N) is 2. The van der Waals surface area contributed by atoms with E-state index in [0.717, 1.165) is 22.4 Å². The van der Waals surface area contributed by atoms with E-state index >= 15 is 0 Å². The number of H-pyrrole nitrogens is 1. The van der Waals surface area contributed by atoms with Crippen LogP contribution in [-0.4, -0.2) is 15.1 Å². The Balaban J connectivity index is 1.88. The normalized spacial score (nSPS) is 11.2. The Morgan fingerprint density at radius 2 is 1.95 bits per heavy atom. The van der Waals surface area contributed by atoms with Crippen LogP contribution in [0.1, 0.15) is 31.2 Å². The van der Waals surface area contributed by atoms with E-state index in [9.17, 15) is 0 Å². The molecule has 3 N–H and O–H groups in total. The van der Waals surface area contributed by atoms with Crippen LogP contribution in [0.25, 0.3) is 11.0 Å². The Labute approximate surface area is 123 Å². The van der Waals surface area contributed by atoms with Crippen LogP contribution in [-0.2, 0) is 6.61 Å². The van der Waals surface area contributed by atoms with E-state index in [4.69, 9.17) is 5.11 Å². The van der Waals surface area contributed by atoms with Gasteiger partial charge in [0.2, 0.25) is 0 Å². The number of hydrogen-bond donors (Lipinski definition) is 3. The van der Waals surface area contributed by atoms with Gasteiger partial charge in [0.25, 0.3) is 0 Å². The summed E-state index contributed by atoms with van der Waals surface area (Å²) in [7, 11) is 0. The van der Waals surface area contributed by atoms with Crippen LogP contribution in [0, 0.1) is 0 Å². The van der Waals surface area contributed by atoms with Crippen LogP contribution in [0.5, 0.6) is 0 Å². The molecule has 3 rings (SSSR count). The van der Waals surface area contributed by atoms with Gasteiger partial charge in [-0.25, -0.2) is 4.98 Å². The second-order valence-corrected chi connectivity index (χ2v) is 5.48. The maximum Gasteiger partial charge on any atom is 0.133 e. The van der Waals surface area contributed by atoms with Crippen LogP contribution < -0.4 is 5.32 Å². The molecule has 21 heavy (non-hydrogen) atoms. The van der Waals surface area contributed by atoms with Crippen molar-refractivity contribution in [1.29, 1.82) is 0 Å². The molecule has 0 aliphatic carbocycles. The lowest BCUT2D eigenvalue weighted by Crippen LogP contribution is -1.93. The predicted molar refractivity (Wildman–Crippen MR) is 85.8 cm³/mol. The lowest BCUT2D eigenvalue weighted by molar-refractivity contribution is 0.273. The molecule has 0 radical (unpaired) electrons. The zero-order valence-electron chi connectivity index (χ0n) is 12.2. The summed E-state index contributed by atoms with van der Waals surface area (Å²) in [6, 6.07) is 14.4. The number of fused-ring (bicyclic) bond motifs is 1. The molecule has 0 unspecified atom stereocenters. The molecule has 0 saturated heterocycles. The molecule has 0 aliphatic rings. The number of aromatic nitrogens is 2. The summed E-state index contributed by atoms with van der Waals surface area (Å²) >= 11 is 0. The third kappa shape index (κ3) is 2.90. The van der Waals surface area contributed by atoms with Crippen molar-refractivity contribution >= 4 is 22.4 Å². The molecule has 0 aliphatic heterocycles. The number of hydrogen-bond acceptors (Lipinski definition) is 3. The largest absolute Gasteiger partial charge is 0.388 e. The first-order valence-corrected chi connectivity index (χ1v) is 7.12. The lowest BCUT2D eigenvalue weighted by atomic mass is 10.0. The number of aromatic amines is 1. The SMILES string of the molecule is CC(C)c1cccc(Nc2ccc3nc(CO)[nH]c3c2)c1. The van der Waals surface area contributed by atoms with E-state index < -0.39 is 0 Å². The smallest absolute Gasteiger partial charge is 0.133 e. The minimum absolute atomic E-state index is 0.0755. The van der Waals surface area contributed by atoms with E-state index in [2.05, 4.69) is 53.4 Å². The molecule has 0 saturated carbocycles. The van der Waals surface area contributed by atoms with Crippen LogP contribution in [0.4, 0.5) is 11.4 Å². The number of aliphatic hydroxyl groups excluding tert-OH is 1. The summed E-state index contributed by atoms with van der Waals surface area (Å²) in [5.41, 5.74) is 5.16. The fourth-order valence-electron chi connectivity index (χ4n) is 2.36. The second kappa shape index (κ2) is 5.58. The third-order valence-corrected chi connectivity index (χ3v) is 3.52. The van der Waals surface area contributed by atoms with Gasteiger partial charge in [-0.2, -0.15) is 0 Å². The van der Waals surface area contributed by atoms with E-state index in [1.807, 2.05) is 18.2 Å². The summed E-state index contributed by atoms with van der Waals surface area (Å²) in [4.78, 5) is 7.38. The van der Waals surface area contributed by atoms with Gasteiger partial charge in [0.1, 0.15) is 12.4 Å². The standard InChI is InChI=1S/C17H19N3O/c1-11(2)12-4-3-5-13(8-12)18-14-6-7-15-16(9-14)20-17(10-21)19-15/h3-9,11,18,21H,10H2,1-2H3,(H,19,20). The first kappa shape index (κ1) is 13.6. The van der Waals surface area contributed by atoms with Crippen molar-refractivity contribution in [3.05, 3.63) is 53.9 Å². The van der Waals surface area contributed by atoms with Crippen molar-refractivity contribution in [2.45, 2.75) is 26.4 Å². The van der Waals surface area contributed by atoms with Crippen molar-refractivity contribution in [2.24, 2.45) is 0 Å². The van der Waals surface area contributed by atoms with Gasteiger partial charge >= 0.3 is 0 Å². The maximum atomic E-state index is 9.12. The molecule has 0 fully saturated rings. The molecule has 4 heteroatoms. The van der Waals surface area contributed by atoms with Crippen molar-refractivity contribution in [3.8, 4) is 0 Å². The molecule has 1 aromatic heterocycles. The number of nitrogens with zero attached hydrogens (tertiary/aromatic N) is 1. The van der Waals surface area contributed by atoms with Gasteiger partial charge in [-0.15, -0.1) is 0 Å². The van der Waals surface area contributed by atoms with Crippen LogP contribution in [0.2, 0.25) is 0 Å². The first-order chi connectivity index (χ1) is 10.2. The quantitative estimate of drug-likeness (QED) is 0.679. The highest BCUT2D eigenvalue weighted by atomic mass is 16.3. The van der Waals surface area contributed by atoms with Gasteiger partial charge in [-0.1, -0.05) is 26.0 Å². The second-order valence-electron chi connectivity index (χ2n) is 5.48. The molecule has 108 valence electrons. The summed E-state index contributed by atoms with van der Waals surface area (Å²) in [5.74, 6) is 1.10. The summed E-state index contributed by atoms with van der Waals surface area (Å²) in [5, 5.41) is 12.5. The zero-order valence-corrected chi connectivity index (χ0v) is 12.2. The molecule has 2 aromatic carbocycles. The van der Waals surface area contributed by atoms with Gasteiger partial charge in [0.05, 0.1) is 11.0 Å². The molecule has 0 atom stereocenters. The van der Waals surface area contributed by atoms with E-state index in [1.54, 1.807) is 0 Å². The van der Waals surface area contributed by atoms with Crippen molar-refractivity contribution < 1.29 is 5.11 Å². The molecule has 4 nitrogen and oxygen atoms in total. The number of anilines is 2. The first-order valence-electron chi connectivity index (χ1n) is 7.12. The average Bonchev–Trinajstić information content (AvgIpc) is 2.90. The summed E-state index contributed by atoms with van der Waals surface area (Å²) < 4.78 is 0. The molecule has 3 aromatic rings. The Bertz CT molecular complexity index is 762. The van der Waals surface area contributed by atoms with Gasteiger partial charge in [0.15, 0.2) is 0 Å². The average molecular weight is 281 g/mol. The number of imidazole rings is 1. The molecule has 0 bridgehead atoms. The fraction of sp³-hybridized carbons (Fsp3) is 0.235. The maximum absolute atomic E-state index is 9.12. The third-order valence-electron chi connectivity index (χ3n) is 3.52. The molecule has 1 heterocycles. The highest BCUT2D eigenvalue weighted by molar-refractivity contribution is 5.80. The summed E-state index contributed by atoms with van der Waals surface area (Å²) in [6.07, 6.45) is 0. The van der Waals surface area contributed by atoms with E-state index in [1.165, 1.54) is 5.56 Å². The van der Waals surface area contributed by atoms with Gasteiger partial charge in [0, 0.05) is 11.4 Å². The fourth-order valence-corrected chi connectivity index (χ4v) is 2.36. The predicted octanol–water partition coefficient (Wildman–Crippen LogP) is 3.92. The molecular weight excluding hydrogens is 262 g/mol. The Morgan fingerprint density at radius 1 is 1.14 bits per heavy atom. The molecular formula is C17H19N3O. The summed E-state index contributed by atoms with van der Waals surface area (Å²) in [6.45, 7) is 4.30. The van der Waals surface area contributed by atoms with Gasteiger partial charge in [-0.3, -0.25) is 0 Å². The van der Waals surface area contributed by atoms with E-state index in [-0.39, 0.29) is 6.61 Å². The number of aliphatic hydroxyl groups is 1. The van der Waals surface area contributed by atoms with Crippen LogP contribution in [0.15, 0.2) is 42.5 Å². The van der Waals surface area contributed by atoms with E-state index in [0.29, 0.717) is 11.7 Å². The topological polar surface area (TPSA) is 60.9 Å². The molecule has 0 spiro atoms. The lowest BCUT2D eigenvalue weighted by Gasteiger charge is -2.10. The Kier molecular flexibility index (Phi) is 3.62. The Hall–Kier alpha value is -2.33. The van der Waals surface area contributed by atoms with Crippen molar-refractivity contribution in [3.63, 3.8) is 0 Å². The van der Waals surface area contributed by atoms with Gasteiger partial charge < -0.3 is 15.4 Å². The highest BCUT2D eigenvalue weighted by Crippen LogP contribution is 2.24. The minimum atomic E-state index is -0.0755. The highest BCUT2D eigenvalue weighted by Gasteiger charge is 2.04.